The van der Waals surface area contributed by atoms with E-state index in [9.17, 15) is 0 Å². The molecule has 0 saturated heterocycles. The molecule has 9 rings (SSSR count). The van der Waals surface area contributed by atoms with Crippen molar-refractivity contribution in [2.75, 3.05) is 0 Å². The molecule has 1 aliphatic heterocycles. The van der Waals surface area contributed by atoms with Crippen LogP contribution in [0.15, 0.2) is 138 Å². The molecule has 0 atom stereocenters. The Hall–Kier alpha value is -6.07. The van der Waals surface area contributed by atoms with E-state index in [-0.39, 0.29) is 0 Å². The summed E-state index contributed by atoms with van der Waals surface area (Å²) in [5.74, 6) is 1.87. The van der Waals surface area contributed by atoms with Crippen molar-refractivity contribution in [1.82, 2.24) is 20.3 Å². The fourth-order valence-corrected chi connectivity index (χ4v) is 6.44. The molecular formula is C40H26N4O. The van der Waals surface area contributed by atoms with Gasteiger partial charge in [0.25, 0.3) is 0 Å². The van der Waals surface area contributed by atoms with Crippen molar-refractivity contribution >= 4 is 38.8 Å². The largest absolute Gasteiger partial charge is 0.456 e. The van der Waals surface area contributed by atoms with Crippen LogP contribution in [0.2, 0.25) is 0 Å². The lowest BCUT2D eigenvalue weighted by Crippen LogP contribution is -2.09. The standard InChI is InChI=1S/C40H26N4O/c1-3-10-25(11-4-1)29-18-19-32(31-15-8-7-14-30(29)31)39-42-38(26-12-5-2-6-13-26)43-40(44-39)33-16-9-17-35-37(33)34-22-28-24-41-21-20-27(28)23-36(34)45-35/h1-23,41H,24H2. The van der Waals surface area contributed by atoms with Gasteiger partial charge in [0.15, 0.2) is 17.5 Å². The highest BCUT2D eigenvalue weighted by Crippen LogP contribution is 2.39. The van der Waals surface area contributed by atoms with E-state index < -0.39 is 0 Å². The molecule has 1 aliphatic rings. The average molecular weight is 579 g/mol. The predicted octanol–water partition coefficient (Wildman–Crippen LogP) is 9.67. The summed E-state index contributed by atoms with van der Waals surface area (Å²) in [5, 5.41) is 7.63. The first kappa shape index (κ1) is 25.4. The maximum absolute atomic E-state index is 6.40. The zero-order valence-corrected chi connectivity index (χ0v) is 24.2. The predicted molar refractivity (Wildman–Crippen MR) is 182 cm³/mol. The minimum absolute atomic E-state index is 0.610. The molecule has 5 nitrogen and oxygen atoms in total. The Morgan fingerprint density at radius 2 is 1.18 bits per heavy atom. The number of fused-ring (bicyclic) bond motifs is 5. The molecule has 0 amide bonds. The first-order chi connectivity index (χ1) is 22.3. The third-order valence-electron chi connectivity index (χ3n) is 8.59. The van der Waals surface area contributed by atoms with Gasteiger partial charge in [-0.1, -0.05) is 103 Å². The molecule has 212 valence electrons. The highest BCUT2D eigenvalue weighted by Gasteiger charge is 2.20. The van der Waals surface area contributed by atoms with Gasteiger partial charge in [0.05, 0.1) is 0 Å². The van der Waals surface area contributed by atoms with Crippen molar-refractivity contribution < 1.29 is 4.42 Å². The maximum Gasteiger partial charge on any atom is 0.164 e. The molecule has 0 radical (unpaired) electrons. The molecule has 0 bridgehead atoms. The number of benzene rings is 6. The van der Waals surface area contributed by atoms with Gasteiger partial charge in [-0.15, -0.1) is 0 Å². The van der Waals surface area contributed by atoms with Gasteiger partial charge < -0.3 is 9.73 Å². The van der Waals surface area contributed by atoms with E-state index in [1.54, 1.807) is 0 Å². The number of aromatic nitrogens is 3. The zero-order chi connectivity index (χ0) is 29.7. The Labute approximate surface area is 259 Å². The van der Waals surface area contributed by atoms with E-state index >= 15 is 0 Å². The van der Waals surface area contributed by atoms with Crippen LogP contribution < -0.4 is 5.32 Å². The Kier molecular flexibility index (Phi) is 5.81. The summed E-state index contributed by atoms with van der Waals surface area (Å²) in [6.07, 6.45) is 4.07. The normalized spacial score (nSPS) is 12.4. The minimum Gasteiger partial charge on any atom is -0.456 e. The van der Waals surface area contributed by atoms with Gasteiger partial charge in [-0.05, 0) is 69.6 Å². The monoisotopic (exact) mass is 578 g/mol. The van der Waals surface area contributed by atoms with Gasteiger partial charge in [-0.25, -0.2) is 15.0 Å². The van der Waals surface area contributed by atoms with Crippen LogP contribution in [0.5, 0.6) is 0 Å². The Morgan fingerprint density at radius 1 is 0.511 bits per heavy atom. The van der Waals surface area contributed by atoms with E-state index in [2.05, 4.69) is 90.3 Å². The molecule has 0 fully saturated rings. The lowest BCUT2D eigenvalue weighted by Gasteiger charge is -2.13. The van der Waals surface area contributed by atoms with E-state index in [0.29, 0.717) is 17.5 Å². The van der Waals surface area contributed by atoms with Crippen LogP contribution in [0, 0.1) is 0 Å². The first-order valence-corrected chi connectivity index (χ1v) is 15.1. The lowest BCUT2D eigenvalue weighted by atomic mass is 9.94. The lowest BCUT2D eigenvalue weighted by molar-refractivity contribution is 0.668. The molecule has 6 aromatic carbocycles. The van der Waals surface area contributed by atoms with Crippen LogP contribution in [-0.4, -0.2) is 15.0 Å². The van der Waals surface area contributed by atoms with Gasteiger partial charge in [-0.2, -0.15) is 0 Å². The van der Waals surface area contributed by atoms with Crippen LogP contribution in [0.4, 0.5) is 0 Å². The fraction of sp³-hybridized carbons (Fsp3) is 0.0250. The van der Waals surface area contributed by atoms with Crippen molar-refractivity contribution in [1.29, 1.82) is 0 Å². The summed E-state index contributed by atoms with van der Waals surface area (Å²) in [4.78, 5) is 15.3. The topological polar surface area (TPSA) is 63.8 Å². The molecule has 2 aromatic heterocycles. The van der Waals surface area contributed by atoms with Gasteiger partial charge in [0.1, 0.15) is 11.2 Å². The number of furan rings is 1. The number of rotatable bonds is 4. The summed E-state index contributed by atoms with van der Waals surface area (Å²) in [5.41, 5.74) is 9.21. The van der Waals surface area contributed by atoms with Gasteiger partial charge in [0.2, 0.25) is 0 Å². The molecule has 3 heterocycles. The summed E-state index contributed by atoms with van der Waals surface area (Å²) < 4.78 is 6.40. The van der Waals surface area contributed by atoms with Crippen LogP contribution in [0.1, 0.15) is 11.1 Å². The molecule has 0 spiro atoms. The Balaban J connectivity index is 1.30. The average Bonchev–Trinajstić information content (AvgIpc) is 3.48. The van der Waals surface area contributed by atoms with Gasteiger partial charge >= 0.3 is 0 Å². The Morgan fingerprint density at radius 3 is 1.98 bits per heavy atom. The quantitative estimate of drug-likeness (QED) is 0.225. The first-order valence-electron chi connectivity index (χ1n) is 15.1. The van der Waals surface area contributed by atoms with E-state index in [1.165, 1.54) is 22.3 Å². The molecule has 0 saturated carbocycles. The number of hydrogen-bond acceptors (Lipinski definition) is 5. The molecule has 0 unspecified atom stereocenters. The van der Waals surface area contributed by atoms with E-state index in [1.807, 2.05) is 54.7 Å². The minimum atomic E-state index is 0.610. The van der Waals surface area contributed by atoms with Crippen LogP contribution in [0.25, 0.3) is 84.1 Å². The summed E-state index contributed by atoms with van der Waals surface area (Å²) in [7, 11) is 0. The van der Waals surface area contributed by atoms with Crippen molar-refractivity contribution in [2.45, 2.75) is 6.54 Å². The highest BCUT2D eigenvalue weighted by molar-refractivity contribution is 6.12. The highest BCUT2D eigenvalue weighted by atomic mass is 16.3. The molecule has 1 N–H and O–H groups in total. The van der Waals surface area contributed by atoms with Crippen LogP contribution >= 0.6 is 0 Å². The van der Waals surface area contributed by atoms with E-state index in [4.69, 9.17) is 19.4 Å². The molecule has 8 aromatic rings. The van der Waals surface area contributed by atoms with Crippen molar-refractivity contribution in [2.24, 2.45) is 0 Å². The van der Waals surface area contributed by atoms with E-state index in [0.717, 1.165) is 55.9 Å². The third-order valence-corrected chi connectivity index (χ3v) is 8.59. The fourth-order valence-electron chi connectivity index (χ4n) is 6.44. The van der Waals surface area contributed by atoms with Gasteiger partial charge in [-0.3, -0.25) is 0 Å². The van der Waals surface area contributed by atoms with Gasteiger partial charge in [0, 0.05) is 34.0 Å². The molecular weight excluding hydrogens is 552 g/mol. The van der Waals surface area contributed by atoms with Crippen LogP contribution in [0.3, 0.4) is 0 Å². The number of hydrogen-bond donors (Lipinski definition) is 1. The second-order valence-corrected chi connectivity index (χ2v) is 11.3. The van der Waals surface area contributed by atoms with Crippen molar-refractivity contribution in [3.63, 3.8) is 0 Å². The Bertz CT molecular complexity index is 2430. The SMILES string of the molecule is C1=Cc2cc3oc4cccc(-c5nc(-c6ccccc6)nc(-c6ccc(-c7ccccc7)c7ccccc67)n5)c4c3cc2CN1. The molecule has 45 heavy (non-hydrogen) atoms. The summed E-state index contributed by atoms with van der Waals surface area (Å²) in [6.45, 7) is 0.775. The second kappa shape index (κ2) is 10.3. The smallest absolute Gasteiger partial charge is 0.164 e. The zero-order valence-electron chi connectivity index (χ0n) is 24.2. The maximum atomic E-state index is 6.40. The number of nitrogens with zero attached hydrogens (tertiary/aromatic N) is 3. The summed E-state index contributed by atoms with van der Waals surface area (Å²) in [6, 6.07) is 43.9. The second-order valence-electron chi connectivity index (χ2n) is 11.3. The molecule has 0 aliphatic carbocycles. The van der Waals surface area contributed by atoms with Crippen molar-refractivity contribution in [3.05, 3.63) is 145 Å². The van der Waals surface area contributed by atoms with Crippen LogP contribution in [-0.2, 0) is 6.54 Å². The molecule has 5 heteroatoms. The number of nitrogens with one attached hydrogen (secondary N) is 1. The third kappa shape index (κ3) is 4.28. The van der Waals surface area contributed by atoms with Crippen molar-refractivity contribution in [3.8, 4) is 45.3 Å². The summed E-state index contributed by atoms with van der Waals surface area (Å²) >= 11 is 0.